The molecule has 1 unspecified atom stereocenters. The summed E-state index contributed by atoms with van der Waals surface area (Å²) in [7, 11) is 0. The molecule has 0 saturated carbocycles. The topological polar surface area (TPSA) is 41.1 Å². The number of amides is 1. The zero-order chi connectivity index (χ0) is 14.8. The molecule has 0 bridgehead atoms. The second-order valence-corrected chi connectivity index (χ2v) is 6.37. The Bertz CT molecular complexity index is 466. The molecule has 0 radical (unpaired) electrons. The summed E-state index contributed by atoms with van der Waals surface area (Å²) >= 11 is 0. The number of aryl methyl sites for hydroxylation is 1. The standard InChI is InChI=1S/C17H26N2O.ClH/c1-5-13-6-8-15(9-7-13)17(3,4)19-16(20)12(2)14-10-18-11-14;/h6-9,12,14,18H,5,10-11H2,1-4H3,(H,19,20);1H. The molecule has 0 spiro atoms. The van der Waals surface area contributed by atoms with Crippen LogP contribution in [0.5, 0.6) is 0 Å². The lowest BCUT2D eigenvalue weighted by Crippen LogP contribution is -2.52. The summed E-state index contributed by atoms with van der Waals surface area (Å²) in [6, 6.07) is 8.52. The van der Waals surface area contributed by atoms with Gasteiger partial charge in [-0.3, -0.25) is 4.79 Å². The SMILES string of the molecule is CCc1ccc(C(C)(C)NC(=O)C(C)C2CNC2)cc1.Cl. The summed E-state index contributed by atoms with van der Waals surface area (Å²) in [6.07, 6.45) is 1.04. The highest BCUT2D eigenvalue weighted by Crippen LogP contribution is 2.23. The van der Waals surface area contributed by atoms with Crippen molar-refractivity contribution in [2.45, 2.75) is 39.7 Å². The number of hydrogen-bond donors (Lipinski definition) is 2. The second-order valence-electron chi connectivity index (χ2n) is 6.37. The average Bonchev–Trinajstić information content (AvgIpc) is 2.36. The van der Waals surface area contributed by atoms with Gasteiger partial charge in [-0.05, 0) is 50.4 Å². The summed E-state index contributed by atoms with van der Waals surface area (Å²) in [5.41, 5.74) is 2.15. The van der Waals surface area contributed by atoms with Crippen LogP contribution in [0.25, 0.3) is 0 Å². The molecule has 1 fully saturated rings. The van der Waals surface area contributed by atoms with E-state index in [4.69, 9.17) is 0 Å². The molecule has 1 aliphatic rings. The van der Waals surface area contributed by atoms with Gasteiger partial charge in [-0.2, -0.15) is 0 Å². The molecule has 3 nitrogen and oxygen atoms in total. The van der Waals surface area contributed by atoms with Gasteiger partial charge in [-0.25, -0.2) is 0 Å². The molecule has 1 saturated heterocycles. The molecule has 2 N–H and O–H groups in total. The molecule has 1 heterocycles. The molecule has 118 valence electrons. The first-order valence-corrected chi connectivity index (χ1v) is 7.56. The molecule has 1 aromatic rings. The fraction of sp³-hybridized carbons (Fsp3) is 0.588. The van der Waals surface area contributed by atoms with E-state index >= 15 is 0 Å². The van der Waals surface area contributed by atoms with E-state index in [0.29, 0.717) is 5.92 Å². The lowest BCUT2D eigenvalue weighted by atomic mass is 9.86. The van der Waals surface area contributed by atoms with Crippen molar-refractivity contribution in [2.24, 2.45) is 11.8 Å². The van der Waals surface area contributed by atoms with Crippen LogP contribution in [-0.4, -0.2) is 19.0 Å². The van der Waals surface area contributed by atoms with Gasteiger partial charge in [0.1, 0.15) is 0 Å². The molecule has 4 heteroatoms. The van der Waals surface area contributed by atoms with E-state index in [1.807, 2.05) is 6.92 Å². The number of benzene rings is 1. The highest BCUT2D eigenvalue weighted by Gasteiger charge is 2.32. The summed E-state index contributed by atoms with van der Waals surface area (Å²) in [4.78, 5) is 12.4. The lowest BCUT2D eigenvalue weighted by molar-refractivity contribution is -0.128. The minimum Gasteiger partial charge on any atom is -0.347 e. The lowest BCUT2D eigenvalue weighted by Gasteiger charge is -2.35. The minimum absolute atomic E-state index is 0. The number of hydrogen-bond acceptors (Lipinski definition) is 2. The van der Waals surface area contributed by atoms with Crippen molar-refractivity contribution >= 4 is 18.3 Å². The number of carbonyl (C=O) groups is 1. The summed E-state index contributed by atoms with van der Waals surface area (Å²) in [6.45, 7) is 10.2. The van der Waals surface area contributed by atoms with Gasteiger partial charge in [-0.1, -0.05) is 38.1 Å². The monoisotopic (exact) mass is 310 g/mol. The highest BCUT2D eigenvalue weighted by molar-refractivity contribution is 5.85. The molecule has 1 aliphatic heterocycles. The van der Waals surface area contributed by atoms with Gasteiger partial charge in [0.05, 0.1) is 5.54 Å². The fourth-order valence-electron chi connectivity index (χ4n) is 2.53. The van der Waals surface area contributed by atoms with Crippen LogP contribution in [0.1, 0.15) is 38.8 Å². The Balaban J connectivity index is 0.00000220. The normalized spacial score (nSPS) is 16.6. The molecule has 0 aliphatic carbocycles. The van der Waals surface area contributed by atoms with Gasteiger partial charge < -0.3 is 10.6 Å². The van der Waals surface area contributed by atoms with E-state index in [0.717, 1.165) is 25.1 Å². The second kappa shape index (κ2) is 7.28. The van der Waals surface area contributed by atoms with Crippen molar-refractivity contribution < 1.29 is 4.79 Å². The number of carbonyl (C=O) groups excluding carboxylic acids is 1. The predicted molar refractivity (Wildman–Crippen MR) is 89.8 cm³/mol. The Labute approximate surface area is 134 Å². The zero-order valence-corrected chi connectivity index (χ0v) is 14.2. The molecule has 0 aromatic heterocycles. The van der Waals surface area contributed by atoms with Crippen molar-refractivity contribution in [1.82, 2.24) is 10.6 Å². The van der Waals surface area contributed by atoms with Gasteiger partial charge >= 0.3 is 0 Å². The van der Waals surface area contributed by atoms with Crippen LogP contribution in [0, 0.1) is 11.8 Å². The van der Waals surface area contributed by atoms with Crippen LogP contribution in [0.3, 0.4) is 0 Å². The zero-order valence-electron chi connectivity index (χ0n) is 13.4. The number of nitrogens with one attached hydrogen (secondary N) is 2. The Hall–Kier alpha value is -1.06. The molecule has 1 amide bonds. The highest BCUT2D eigenvalue weighted by atomic mass is 35.5. The molecule has 2 rings (SSSR count). The van der Waals surface area contributed by atoms with E-state index in [2.05, 4.69) is 55.7 Å². The molecular formula is C17H27ClN2O. The van der Waals surface area contributed by atoms with Gasteiger partial charge in [0.25, 0.3) is 0 Å². The molecule has 21 heavy (non-hydrogen) atoms. The van der Waals surface area contributed by atoms with Crippen LogP contribution in [-0.2, 0) is 16.8 Å². The van der Waals surface area contributed by atoms with Crippen LogP contribution in [0.2, 0.25) is 0 Å². The molecule has 1 atom stereocenters. The Morgan fingerprint density at radius 3 is 2.33 bits per heavy atom. The first-order valence-electron chi connectivity index (χ1n) is 7.56. The minimum atomic E-state index is -0.325. The third kappa shape index (κ3) is 4.21. The maximum Gasteiger partial charge on any atom is 0.223 e. The van der Waals surface area contributed by atoms with Crippen LogP contribution in [0.15, 0.2) is 24.3 Å². The summed E-state index contributed by atoms with van der Waals surface area (Å²) in [5.74, 6) is 0.708. The van der Waals surface area contributed by atoms with Gasteiger partial charge in [-0.15, -0.1) is 12.4 Å². The van der Waals surface area contributed by atoms with Crippen molar-refractivity contribution in [2.75, 3.05) is 13.1 Å². The maximum absolute atomic E-state index is 12.4. The van der Waals surface area contributed by atoms with E-state index in [1.54, 1.807) is 0 Å². The van der Waals surface area contributed by atoms with Crippen molar-refractivity contribution in [1.29, 1.82) is 0 Å². The van der Waals surface area contributed by atoms with E-state index in [1.165, 1.54) is 5.56 Å². The smallest absolute Gasteiger partial charge is 0.223 e. The van der Waals surface area contributed by atoms with Crippen LogP contribution in [0.4, 0.5) is 0 Å². The third-order valence-electron chi connectivity index (χ3n) is 4.45. The number of rotatable bonds is 5. The quantitative estimate of drug-likeness (QED) is 0.878. The average molecular weight is 311 g/mol. The molecule has 1 aromatic carbocycles. The van der Waals surface area contributed by atoms with Crippen molar-refractivity contribution in [3.63, 3.8) is 0 Å². The van der Waals surface area contributed by atoms with E-state index < -0.39 is 0 Å². The number of halogens is 1. The Kier molecular flexibility index (Phi) is 6.24. The van der Waals surface area contributed by atoms with Crippen molar-refractivity contribution in [3.05, 3.63) is 35.4 Å². The van der Waals surface area contributed by atoms with Gasteiger partial charge in [0, 0.05) is 5.92 Å². The first-order chi connectivity index (χ1) is 9.44. The van der Waals surface area contributed by atoms with Crippen LogP contribution < -0.4 is 10.6 Å². The Morgan fingerprint density at radius 1 is 1.33 bits per heavy atom. The maximum atomic E-state index is 12.4. The third-order valence-corrected chi connectivity index (χ3v) is 4.45. The largest absolute Gasteiger partial charge is 0.347 e. The van der Waals surface area contributed by atoms with Gasteiger partial charge in [0.15, 0.2) is 0 Å². The summed E-state index contributed by atoms with van der Waals surface area (Å²) in [5, 5.41) is 6.42. The predicted octanol–water partition coefficient (Wildman–Crippen LogP) is 2.88. The Morgan fingerprint density at radius 2 is 1.90 bits per heavy atom. The van der Waals surface area contributed by atoms with Gasteiger partial charge in [0.2, 0.25) is 5.91 Å². The summed E-state index contributed by atoms with van der Waals surface area (Å²) < 4.78 is 0. The van der Waals surface area contributed by atoms with E-state index in [9.17, 15) is 4.79 Å². The molecular weight excluding hydrogens is 284 g/mol. The fourth-order valence-corrected chi connectivity index (χ4v) is 2.53. The first kappa shape index (κ1) is 18.0. The van der Waals surface area contributed by atoms with Crippen LogP contribution >= 0.6 is 12.4 Å². The van der Waals surface area contributed by atoms with E-state index in [-0.39, 0.29) is 29.8 Å². The van der Waals surface area contributed by atoms with Crippen molar-refractivity contribution in [3.8, 4) is 0 Å².